The minimum atomic E-state index is -2.53. The van der Waals surface area contributed by atoms with Crippen molar-refractivity contribution in [2.75, 3.05) is 19.0 Å². The average molecular weight is 795 g/mol. The lowest BCUT2D eigenvalue weighted by Crippen LogP contribution is -2.54. The molecule has 0 spiro atoms. The number of rotatable bonds is 12. The van der Waals surface area contributed by atoms with Crippen LogP contribution in [-0.2, 0) is 22.8 Å². The van der Waals surface area contributed by atoms with Crippen LogP contribution in [-0.4, -0.2) is 105 Å². The number of fused-ring (bicyclic) bond motifs is 1. The predicted molar refractivity (Wildman–Crippen MR) is 219 cm³/mol. The van der Waals surface area contributed by atoms with Gasteiger partial charge in [0.05, 0.1) is 13.7 Å². The minimum Gasteiger partial charge on any atom is -0.453 e. The Bertz CT molecular complexity index is 1600. The second-order valence-corrected chi connectivity index (χ2v) is 33.9. The SMILES string of the molecule is COC(=O)Nc1ncnc2c1nc(C(=O)N(C(C)C)C(C)C)n2[C@@H]1O[C@H](CO[Si](C)(C)C(C)(C)C)[C@@H](O[Si](C)(C)C(C)(C)C)[C@H]1O[Si](C)(C)C(C)(C)C. The molecule has 2 aromatic heterocycles. The quantitative estimate of drug-likeness (QED) is 0.207. The van der Waals surface area contributed by atoms with Gasteiger partial charge in [-0.3, -0.25) is 14.7 Å². The van der Waals surface area contributed by atoms with Crippen molar-refractivity contribution in [3.8, 4) is 0 Å². The first-order chi connectivity index (χ1) is 23.9. The van der Waals surface area contributed by atoms with Crippen LogP contribution in [0.25, 0.3) is 11.2 Å². The first-order valence-electron chi connectivity index (χ1n) is 18.9. The summed E-state index contributed by atoms with van der Waals surface area (Å²) in [5.41, 5.74) is 0.541. The smallest absolute Gasteiger partial charge is 0.412 e. The molecule has 13 nitrogen and oxygen atoms in total. The molecule has 1 aliphatic heterocycles. The highest BCUT2D eigenvalue weighted by atomic mass is 28.4. The van der Waals surface area contributed by atoms with Gasteiger partial charge in [0.1, 0.15) is 24.6 Å². The molecule has 1 saturated heterocycles. The van der Waals surface area contributed by atoms with Crippen molar-refractivity contribution in [1.29, 1.82) is 0 Å². The van der Waals surface area contributed by atoms with Crippen LogP contribution in [0.1, 0.15) is 107 Å². The second-order valence-electron chi connectivity index (χ2n) is 19.5. The number of aromatic nitrogens is 4. The van der Waals surface area contributed by atoms with Crippen molar-refractivity contribution in [3.63, 3.8) is 0 Å². The highest BCUT2D eigenvalue weighted by molar-refractivity contribution is 6.75. The fraction of sp³-hybridized carbons (Fsp3) is 0.811. The Hall–Kier alpha value is -2.22. The average Bonchev–Trinajstić information content (AvgIpc) is 3.52. The Morgan fingerprint density at radius 2 is 1.32 bits per heavy atom. The molecule has 4 atom stereocenters. The molecule has 3 rings (SSSR count). The van der Waals surface area contributed by atoms with Gasteiger partial charge in [-0.25, -0.2) is 19.7 Å². The number of carbonyl (C=O) groups excluding carboxylic acids is 2. The molecular formula is C37H70N6O7Si3. The van der Waals surface area contributed by atoms with Gasteiger partial charge < -0.3 is 27.7 Å². The van der Waals surface area contributed by atoms with E-state index < -0.39 is 55.6 Å². The number of hydrogen-bond acceptors (Lipinski definition) is 10. The summed E-state index contributed by atoms with van der Waals surface area (Å²) >= 11 is 0. The van der Waals surface area contributed by atoms with E-state index in [1.165, 1.54) is 13.4 Å². The van der Waals surface area contributed by atoms with Crippen LogP contribution in [0.4, 0.5) is 10.6 Å². The molecule has 1 N–H and O–H groups in total. The van der Waals surface area contributed by atoms with Crippen LogP contribution in [0.2, 0.25) is 54.4 Å². The standard InChI is InChI=1S/C37H70N6O7Si3/c1-23(2)42(24(3)4)32(44)31-40-26-29(41-34(45)46-14)38-22-39-30(26)43(31)33-28(50-53(19,20)37(11,12)13)27(49-52(17,18)36(8,9)10)25(48-33)21-47-51(15,16)35(5,6)7/h22-25,27-28,33H,21H2,1-20H3,(H,38,39,41,45)/t25-,27-,28-,33-/m1/s1. The zero-order chi connectivity index (χ0) is 40.9. The van der Waals surface area contributed by atoms with E-state index >= 15 is 0 Å². The molecule has 1 fully saturated rings. The summed E-state index contributed by atoms with van der Waals surface area (Å²) in [6.07, 6.45) is -2.03. The molecule has 1 aliphatic rings. The van der Waals surface area contributed by atoms with E-state index in [4.69, 9.17) is 27.7 Å². The van der Waals surface area contributed by atoms with Gasteiger partial charge >= 0.3 is 6.09 Å². The number of nitrogens with one attached hydrogen (secondary N) is 1. The van der Waals surface area contributed by atoms with Crippen LogP contribution in [0.5, 0.6) is 0 Å². The number of methoxy groups -OCH3 is 1. The van der Waals surface area contributed by atoms with Crippen LogP contribution >= 0.6 is 0 Å². The molecule has 0 radical (unpaired) electrons. The first kappa shape index (κ1) is 45.2. The predicted octanol–water partition coefficient (Wildman–Crippen LogP) is 8.96. The zero-order valence-corrected chi connectivity index (χ0v) is 39.3. The Balaban J connectivity index is 2.44. The topological polar surface area (TPSA) is 139 Å². The summed E-state index contributed by atoms with van der Waals surface area (Å²) in [4.78, 5) is 42.9. The maximum atomic E-state index is 14.8. The summed E-state index contributed by atoms with van der Waals surface area (Å²) in [6, 6.07) is -0.280. The number of amides is 2. The Morgan fingerprint density at radius 3 is 1.77 bits per heavy atom. The summed E-state index contributed by atoms with van der Waals surface area (Å²) in [6.45, 7) is 41.4. The number of hydrogen-bond donors (Lipinski definition) is 1. The lowest BCUT2D eigenvalue weighted by atomic mass is 10.1. The molecule has 2 aromatic rings. The van der Waals surface area contributed by atoms with Gasteiger partial charge in [-0.15, -0.1) is 0 Å². The lowest BCUT2D eigenvalue weighted by molar-refractivity contribution is -0.0482. The maximum absolute atomic E-state index is 14.8. The molecule has 0 aromatic carbocycles. The van der Waals surface area contributed by atoms with E-state index in [0.717, 1.165) is 0 Å². The normalized spacial score (nSPS) is 20.8. The van der Waals surface area contributed by atoms with E-state index in [9.17, 15) is 9.59 Å². The summed E-state index contributed by atoms with van der Waals surface area (Å²) in [7, 11) is -5.93. The van der Waals surface area contributed by atoms with Crippen molar-refractivity contribution in [2.45, 2.75) is 181 Å². The first-order valence-corrected chi connectivity index (χ1v) is 27.7. The van der Waals surface area contributed by atoms with E-state index in [1.807, 2.05) is 27.7 Å². The van der Waals surface area contributed by atoms with Crippen LogP contribution in [0.3, 0.4) is 0 Å². The molecule has 16 heteroatoms. The van der Waals surface area contributed by atoms with Crippen molar-refractivity contribution >= 4 is 53.9 Å². The molecule has 302 valence electrons. The van der Waals surface area contributed by atoms with Gasteiger partial charge in [0.15, 0.2) is 48.2 Å². The number of carbonyl (C=O) groups is 2. The zero-order valence-electron chi connectivity index (χ0n) is 36.3. The van der Waals surface area contributed by atoms with E-state index in [2.05, 4.69) is 117 Å². The van der Waals surface area contributed by atoms with Gasteiger partial charge in [0.25, 0.3) is 5.91 Å². The lowest BCUT2D eigenvalue weighted by Gasteiger charge is -2.44. The largest absolute Gasteiger partial charge is 0.453 e. The van der Waals surface area contributed by atoms with E-state index in [0.29, 0.717) is 5.65 Å². The van der Waals surface area contributed by atoms with Gasteiger partial charge in [-0.05, 0) is 82.1 Å². The molecule has 53 heavy (non-hydrogen) atoms. The van der Waals surface area contributed by atoms with Crippen molar-refractivity contribution in [3.05, 3.63) is 12.2 Å². The Kier molecular flexibility index (Phi) is 13.4. The molecule has 0 aliphatic carbocycles. The van der Waals surface area contributed by atoms with Gasteiger partial charge in [-0.2, -0.15) is 0 Å². The van der Waals surface area contributed by atoms with Gasteiger partial charge in [0.2, 0.25) is 5.82 Å². The highest BCUT2D eigenvalue weighted by Crippen LogP contribution is 2.47. The number of imidazole rings is 1. The third-order valence-electron chi connectivity index (χ3n) is 11.8. The number of nitrogens with zero attached hydrogens (tertiary/aromatic N) is 5. The second kappa shape index (κ2) is 15.7. The highest BCUT2D eigenvalue weighted by Gasteiger charge is 2.56. The molecule has 3 heterocycles. The maximum Gasteiger partial charge on any atom is 0.412 e. The van der Waals surface area contributed by atoms with Crippen LogP contribution in [0.15, 0.2) is 6.33 Å². The third kappa shape index (κ3) is 9.60. The van der Waals surface area contributed by atoms with Crippen LogP contribution in [0, 0.1) is 0 Å². The van der Waals surface area contributed by atoms with Gasteiger partial charge in [0, 0.05) is 12.1 Å². The molecule has 0 bridgehead atoms. The number of ether oxygens (including phenoxy) is 2. The summed E-state index contributed by atoms with van der Waals surface area (Å²) in [5.74, 6) is -0.0988. The van der Waals surface area contributed by atoms with Crippen molar-refractivity contribution < 1.29 is 32.3 Å². The summed E-state index contributed by atoms with van der Waals surface area (Å²) < 4.78 is 35.5. The fourth-order valence-corrected chi connectivity index (χ4v) is 9.20. The monoisotopic (exact) mass is 794 g/mol. The number of anilines is 1. The molecule has 2 amide bonds. The molecular weight excluding hydrogens is 725 g/mol. The van der Waals surface area contributed by atoms with Crippen molar-refractivity contribution in [1.82, 2.24) is 24.4 Å². The van der Waals surface area contributed by atoms with Crippen molar-refractivity contribution in [2.24, 2.45) is 0 Å². The minimum absolute atomic E-state index is 0.0327. The molecule has 0 saturated carbocycles. The fourth-order valence-electron chi connectivity index (χ4n) is 5.58. The molecule has 0 unspecified atom stereocenters. The van der Waals surface area contributed by atoms with E-state index in [1.54, 1.807) is 9.47 Å². The Labute approximate surface area is 322 Å². The summed E-state index contributed by atoms with van der Waals surface area (Å²) in [5, 5.41) is 2.35. The van der Waals surface area contributed by atoms with Gasteiger partial charge in [-0.1, -0.05) is 62.3 Å². The Morgan fingerprint density at radius 1 is 0.830 bits per heavy atom. The third-order valence-corrected chi connectivity index (χ3v) is 25.3. The van der Waals surface area contributed by atoms with E-state index in [-0.39, 0.29) is 56.9 Å². The van der Waals surface area contributed by atoms with Crippen LogP contribution < -0.4 is 5.32 Å².